The first-order valence-electron chi connectivity index (χ1n) is 9.50. The number of likely N-dealkylation sites (tertiary alicyclic amines) is 1. The molecule has 1 aromatic heterocycles. The van der Waals surface area contributed by atoms with Gasteiger partial charge in [0.05, 0.1) is 11.3 Å². The Bertz CT molecular complexity index is 939. The molecule has 136 valence electrons. The lowest BCUT2D eigenvalue weighted by molar-refractivity contribution is 0.0782. The fourth-order valence-electron chi connectivity index (χ4n) is 4.24. The van der Waals surface area contributed by atoms with Crippen LogP contribution in [0.5, 0.6) is 0 Å². The minimum absolute atomic E-state index is 0.0884. The first-order chi connectivity index (χ1) is 13.3. The fourth-order valence-corrected chi connectivity index (χ4v) is 4.24. The van der Waals surface area contributed by atoms with Gasteiger partial charge >= 0.3 is 0 Å². The molecular weight excluding hydrogens is 336 g/mol. The van der Waals surface area contributed by atoms with Crippen LogP contribution < -0.4 is 5.32 Å². The van der Waals surface area contributed by atoms with Gasteiger partial charge < -0.3 is 10.2 Å². The first kappa shape index (κ1) is 16.3. The van der Waals surface area contributed by atoms with E-state index in [9.17, 15) is 4.79 Å². The molecule has 2 fully saturated rings. The topological polar surface area (TPSA) is 50.2 Å². The largest absolute Gasteiger partial charge is 0.338 e. The maximum atomic E-state index is 13.4. The Morgan fingerprint density at radius 2 is 1.56 bits per heavy atom. The number of carbonyl (C=O) groups is 1. The highest BCUT2D eigenvalue weighted by Gasteiger charge is 2.39. The molecule has 0 bridgehead atoms. The molecule has 2 aliphatic rings. The summed E-state index contributed by atoms with van der Waals surface area (Å²) in [5.74, 6) is 1.25. The van der Waals surface area contributed by atoms with Crippen LogP contribution in [0.25, 0.3) is 16.9 Å². The van der Waals surface area contributed by atoms with Crippen LogP contribution in [-0.4, -0.2) is 46.8 Å². The second kappa shape index (κ2) is 6.67. The van der Waals surface area contributed by atoms with Crippen molar-refractivity contribution in [1.29, 1.82) is 0 Å². The van der Waals surface area contributed by atoms with Gasteiger partial charge in [0.1, 0.15) is 5.69 Å². The van der Waals surface area contributed by atoms with E-state index < -0.39 is 0 Å². The zero-order valence-corrected chi connectivity index (χ0v) is 15.1. The number of amides is 1. The first-order valence-corrected chi connectivity index (χ1v) is 9.50. The molecule has 5 rings (SSSR count). The summed E-state index contributed by atoms with van der Waals surface area (Å²) in [6.07, 6.45) is 1.88. The van der Waals surface area contributed by atoms with Crippen LogP contribution in [0.4, 0.5) is 0 Å². The van der Waals surface area contributed by atoms with Gasteiger partial charge in [-0.25, -0.2) is 4.68 Å². The number of carbonyl (C=O) groups excluding carboxylic acids is 1. The maximum Gasteiger partial charge on any atom is 0.257 e. The molecule has 1 N–H and O–H groups in total. The summed E-state index contributed by atoms with van der Waals surface area (Å²) in [6.45, 7) is 3.70. The summed E-state index contributed by atoms with van der Waals surface area (Å²) in [5.41, 5.74) is 3.35. The fraction of sp³-hybridized carbons (Fsp3) is 0.273. The van der Waals surface area contributed by atoms with Gasteiger partial charge in [0, 0.05) is 37.9 Å². The van der Waals surface area contributed by atoms with Gasteiger partial charge in [-0.15, -0.1) is 0 Å². The molecule has 3 aromatic rings. The highest BCUT2D eigenvalue weighted by atomic mass is 16.2. The number of aromatic nitrogens is 2. The van der Waals surface area contributed by atoms with Crippen molar-refractivity contribution in [2.75, 3.05) is 26.2 Å². The van der Waals surface area contributed by atoms with Crippen LogP contribution in [0, 0.1) is 11.8 Å². The van der Waals surface area contributed by atoms with Gasteiger partial charge in [-0.1, -0.05) is 48.5 Å². The van der Waals surface area contributed by atoms with Crippen molar-refractivity contribution < 1.29 is 4.79 Å². The van der Waals surface area contributed by atoms with E-state index in [1.807, 2.05) is 76.4 Å². The van der Waals surface area contributed by atoms with Crippen molar-refractivity contribution in [3.8, 4) is 16.9 Å². The summed E-state index contributed by atoms with van der Waals surface area (Å²) in [7, 11) is 0. The number of rotatable bonds is 3. The molecule has 2 atom stereocenters. The molecule has 2 aromatic carbocycles. The van der Waals surface area contributed by atoms with Crippen molar-refractivity contribution in [3.63, 3.8) is 0 Å². The van der Waals surface area contributed by atoms with Gasteiger partial charge in [-0.2, -0.15) is 5.10 Å². The molecule has 0 unspecified atom stereocenters. The van der Waals surface area contributed by atoms with Crippen LogP contribution in [0.1, 0.15) is 10.4 Å². The molecule has 0 radical (unpaired) electrons. The van der Waals surface area contributed by atoms with Crippen molar-refractivity contribution in [3.05, 3.63) is 72.4 Å². The van der Waals surface area contributed by atoms with Crippen LogP contribution in [0.15, 0.2) is 66.9 Å². The average Bonchev–Trinajstić information content (AvgIpc) is 3.43. The number of hydrogen-bond acceptors (Lipinski definition) is 3. The predicted molar refractivity (Wildman–Crippen MR) is 105 cm³/mol. The number of benzene rings is 2. The minimum atomic E-state index is 0.0884. The van der Waals surface area contributed by atoms with Crippen LogP contribution in [0.3, 0.4) is 0 Å². The van der Waals surface area contributed by atoms with E-state index in [0.717, 1.165) is 43.1 Å². The molecule has 2 aliphatic heterocycles. The number of nitrogens with zero attached hydrogens (tertiary/aromatic N) is 3. The Labute approximate surface area is 158 Å². The zero-order valence-electron chi connectivity index (χ0n) is 15.1. The third-order valence-electron chi connectivity index (χ3n) is 5.69. The molecule has 5 heteroatoms. The summed E-state index contributed by atoms with van der Waals surface area (Å²) < 4.78 is 1.81. The third kappa shape index (κ3) is 2.94. The minimum Gasteiger partial charge on any atom is -0.338 e. The van der Waals surface area contributed by atoms with Gasteiger partial charge in [0.2, 0.25) is 0 Å². The van der Waals surface area contributed by atoms with E-state index in [1.165, 1.54) is 0 Å². The van der Waals surface area contributed by atoms with E-state index in [4.69, 9.17) is 5.10 Å². The second-order valence-electron chi connectivity index (χ2n) is 7.43. The lowest BCUT2D eigenvalue weighted by Gasteiger charge is -2.17. The number of fused-ring (bicyclic) bond motifs is 1. The molecule has 1 amide bonds. The highest BCUT2D eigenvalue weighted by molar-refractivity contribution is 6.00. The van der Waals surface area contributed by atoms with Crippen LogP contribution >= 0.6 is 0 Å². The standard InChI is InChI=1S/C22H22N4O/c27-22(25-13-17-11-23-12-18(17)14-25)20-15-26(19-9-5-2-6-10-19)24-21(20)16-7-3-1-4-8-16/h1-10,15,17-18,23H,11-14H2/t17-,18+. The SMILES string of the molecule is O=C(c1cn(-c2ccccc2)nc1-c1ccccc1)N1C[C@H]2CNC[C@H]2C1. The summed E-state index contributed by atoms with van der Waals surface area (Å²) in [4.78, 5) is 15.4. The van der Waals surface area contributed by atoms with Crippen LogP contribution in [-0.2, 0) is 0 Å². The van der Waals surface area contributed by atoms with Gasteiger partial charge in [-0.05, 0) is 24.0 Å². The lowest BCUT2D eigenvalue weighted by atomic mass is 10.0. The molecule has 0 saturated carbocycles. The van der Waals surface area contributed by atoms with Crippen molar-refractivity contribution in [2.45, 2.75) is 0 Å². The van der Waals surface area contributed by atoms with Gasteiger partial charge in [0.15, 0.2) is 0 Å². The Morgan fingerprint density at radius 1 is 0.926 bits per heavy atom. The molecule has 5 nitrogen and oxygen atoms in total. The Balaban J connectivity index is 1.54. The number of para-hydroxylation sites is 1. The zero-order chi connectivity index (χ0) is 18.2. The molecule has 0 spiro atoms. The summed E-state index contributed by atoms with van der Waals surface area (Å²) in [6, 6.07) is 19.9. The Kier molecular flexibility index (Phi) is 4.02. The van der Waals surface area contributed by atoms with Crippen molar-refractivity contribution >= 4 is 5.91 Å². The van der Waals surface area contributed by atoms with E-state index in [0.29, 0.717) is 17.4 Å². The maximum absolute atomic E-state index is 13.4. The Hall–Kier alpha value is -2.92. The molecule has 0 aliphatic carbocycles. The summed E-state index contributed by atoms with van der Waals surface area (Å²) >= 11 is 0. The van der Waals surface area contributed by atoms with Crippen molar-refractivity contribution in [1.82, 2.24) is 20.0 Å². The molecule has 3 heterocycles. The second-order valence-corrected chi connectivity index (χ2v) is 7.43. The highest BCUT2D eigenvalue weighted by Crippen LogP contribution is 2.30. The molecule has 27 heavy (non-hydrogen) atoms. The monoisotopic (exact) mass is 358 g/mol. The Morgan fingerprint density at radius 3 is 2.22 bits per heavy atom. The van der Waals surface area contributed by atoms with Crippen molar-refractivity contribution in [2.24, 2.45) is 11.8 Å². The average molecular weight is 358 g/mol. The van der Waals surface area contributed by atoms with E-state index in [-0.39, 0.29) is 5.91 Å². The quantitative estimate of drug-likeness (QED) is 0.783. The van der Waals surface area contributed by atoms with Gasteiger partial charge in [0.25, 0.3) is 5.91 Å². The lowest BCUT2D eigenvalue weighted by Crippen LogP contribution is -2.32. The van der Waals surface area contributed by atoms with E-state index >= 15 is 0 Å². The molecule has 2 saturated heterocycles. The van der Waals surface area contributed by atoms with E-state index in [2.05, 4.69) is 5.32 Å². The summed E-state index contributed by atoms with van der Waals surface area (Å²) in [5, 5.41) is 8.20. The third-order valence-corrected chi connectivity index (χ3v) is 5.69. The smallest absolute Gasteiger partial charge is 0.257 e. The normalized spacial score (nSPS) is 21.4. The van der Waals surface area contributed by atoms with E-state index in [1.54, 1.807) is 0 Å². The predicted octanol–water partition coefficient (Wildman–Crippen LogP) is 2.83. The molecular formula is C22H22N4O. The van der Waals surface area contributed by atoms with Gasteiger partial charge in [-0.3, -0.25) is 4.79 Å². The van der Waals surface area contributed by atoms with Crippen LogP contribution in [0.2, 0.25) is 0 Å². The number of nitrogens with one attached hydrogen (secondary N) is 1. The number of hydrogen-bond donors (Lipinski definition) is 1.